The van der Waals surface area contributed by atoms with E-state index in [0.717, 1.165) is 31.2 Å². The average molecular weight is 242 g/mol. The lowest BCUT2D eigenvalue weighted by Crippen LogP contribution is -2.45. The van der Waals surface area contributed by atoms with Crippen molar-refractivity contribution in [2.75, 3.05) is 13.2 Å². The molecule has 1 aliphatic carbocycles. The van der Waals surface area contributed by atoms with Crippen LogP contribution in [0.4, 0.5) is 0 Å². The second-order valence-corrected chi connectivity index (χ2v) is 5.39. The molecule has 0 aromatic rings. The number of hydrogen-bond acceptors (Lipinski definition) is 3. The summed E-state index contributed by atoms with van der Waals surface area (Å²) in [5, 5.41) is 3.04. The van der Waals surface area contributed by atoms with E-state index in [1.165, 1.54) is 6.42 Å². The Labute approximate surface area is 104 Å². The van der Waals surface area contributed by atoms with Crippen LogP contribution in [-0.2, 0) is 9.53 Å². The van der Waals surface area contributed by atoms with Crippen molar-refractivity contribution in [3.8, 4) is 0 Å². The minimum absolute atomic E-state index is 0.286. The topological polar surface area (TPSA) is 64.3 Å². The third-order valence-corrected chi connectivity index (χ3v) is 3.43. The van der Waals surface area contributed by atoms with Crippen LogP contribution in [0, 0.1) is 11.8 Å². The van der Waals surface area contributed by atoms with E-state index in [4.69, 9.17) is 10.5 Å². The number of amides is 1. The molecule has 0 aromatic heterocycles. The maximum Gasteiger partial charge on any atom is 0.236 e. The quantitative estimate of drug-likeness (QED) is 0.737. The predicted molar refractivity (Wildman–Crippen MR) is 68.6 cm³/mol. The third-order valence-electron chi connectivity index (χ3n) is 3.43. The van der Waals surface area contributed by atoms with Crippen molar-refractivity contribution in [1.82, 2.24) is 5.32 Å². The molecule has 0 radical (unpaired) electrons. The normalized spacial score (nSPS) is 31.1. The Kier molecular flexibility index (Phi) is 5.92. The molecule has 3 unspecified atom stereocenters. The summed E-state index contributed by atoms with van der Waals surface area (Å²) < 4.78 is 5.84. The summed E-state index contributed by atoms with van der Waals surface area (Å²) in [6.07, 6.45) is 3.77. The molecule has 3 atom stereocenters. The summed E-state index contributed by atoms with van der Waals surface area (Å²) in [5.74, 6) is 1.11. The van der Waals surface area contributed by atoms with Crippen molar-refractivity contribution in [3.05, 3.63) is 0 Å². The SMILES string of the molecule is CCNC(COC1CC(C)CC(C)C1)C(N)=O. The minimum Gasteiger partial charge on any atom is -0.376 e. The molecule has 4 nitrogen and oxygen atoms in total. The van der Waals surface area contributed by atoms with Crippen LogP contribution in [0.5, 0.6) is 0 Å². The van der Waals surface area contributed by atoms with Gasteiger partial charge in [0.15, 0.2) is 0 Å². The highest BCUT2D eigenvalue weighted by molar-refractivity contribution is 5.79. The van der Waals surface area contributed by atoms with Crippen molar-refractivity contribution in [3.63, 3.8) is 0 Å². The molecular formula is C13H26N2O2. The van der Waals surface area contributed by atoms with E-state index in [0.29, 0.717) is 6.61 Å². The molecular weight excluding hydrogens is 216 g/mol. The molecule has 3 N–H and O–H groups in total. The first-order valence-electron chi connectivity index (χ1n) is 6.67. The van der Waals surface area contributed by atoms with Crippen LogP contribution in [0.2, 0.25) is 0 Å². The van der Waals surface area contributed by atoms with Crippen LogP contribution in [0.25, 0.3) is 0 Å². The lowest BCUT2D eigenvalue weighted by Gasteiger charge is -2.32. The number of likely N-dealkylation sites (N-methyl/N-ethyl adjacent to an activating group) is 1. The monoisotopic (exact) mass is 242 g/mol. The van der Waals surface area contributed by atoms with Crippen LogP contribution >= 0.6 is 0 Å². The Morgan fingerprint density at radius 2 is 1.94 bits per heavy atom. The van der Waals surface area contributed by atoms with Gasteiger partial charge in [0, 0.05) is 0 Å². The van der Waals surface area contributed by atoms with E-state index in [2.05, 4.69) is 19.2 Å². The molecule has 0 bridgehead atoms. The predicted octanol–water partition coefficient (Wildman–Crippen LogP) is 1.29. The van der Waals surface area contributed by atoms with Crippen molar-refractivity contribution < 1.29 is 9.53 Å². The number of carbonyl (C=O) groups excluding carboxylic acids is 1. The van der Waals surface area contributed by atoms with Gasteiger partial charge >= 0.3 is 0 Å². The van der Waals surface area contributed by atoms with Gasteiger partial charge in [0.1, 0.15) is 6.04 Å². The maximum absolute atomic E-state index is 11.2. The molecule has 1 rings (SSSR count). The highest BCUT2D eigenvalue weighted by atomic mass is 16.5. The molecule has 0 spiro atoms. The summed E-state index contributed by atoms with van der Waals surface area (Å²) in [6.45, 7) is 7.62. The van der Waals surface area contributed by atoms with Gasteiger partial charge in [0.05, 0.1) is 12.7 Å². The Morgan fingerprint density at radius 3 is 2.41 bits per heavy atom. The van der Waals surface area contributed by atoms with E-state index in [9.17, 15) is 4.79 Å². The lowest BCUT2D eigenvalue weighted by molar-refractivity contribution is -0.122. The second-order valence-electron chi connectivity index (χ2n) is 5.39. The largest absolute Gasteiger partial charge is 0.376 e. The zero-order valence-corrected chi connectivity index (χ0v) is 11.2. The van der Waals surface area contributed by atoms with Crippen LogP contribution in [0.15, 0.2) is 0 Å². The van der Waals surface area contributed by atoms with Gasteiger partial charge in [-0.1, -0.05) is 20.8 Å². The van der Waals surface area contributed by atoms with Crippen molar-refractivity contribution in [1.29, 1.82) is 0 Å². The molecule has 17 heavy (non-hydrogen) atoms. The molecule has 0 aliphatic heterocycles. The zero-order valence-electron chi connectivity index (χ0n) is 11.2. The Bertz CT molecular complexity index is 236. The van der Waals surface area contributed by atoms with Crippen molar-refractivity contribution >= 4 is 5.91 Å². The molecule has 1 saturated carbocycles. The van der Waals surface area contributed by atoms with Gasteiger partial charge in [-0.3, -0.25) is 4.79 Å². The number of nitrogens with one attached hydrogen (secondary N) is 1. The number of ether oxygens (including phenoxy) is 1. The number of carbonyl (C=O) groups is 1. The van der Waals surface area contributed by atoms with Crippen molar-refractivity contribution in [2.45, 2.75) is 52.2 Å². The van der Waals surface area contributed by atoms with Gasteiger partial charge in [-0.2, -0.15) is 0 Å². The summed E-state index contributed by atoms with van der Waals surface area (Å²) in [4.78, 5) is 11.2. The lowest BCUT2D eigenvalue weighted by atomic mass is 9.82. The molecule has 1 amide bonds. The fourth-order valence-corrected chi connectivity index (χ4v) is 2.73. The Balaban J connectivity index is 2.35. The Hall–Kier alpha value is -0.610. The fraction of sp³-hybridized carbons (Fsp3) is 0.923. The second kappa shape index (κ2) is 6.97. The van der Waals surface area contributed by atoms with Gasteiger partial charge in [-0.15, -0.1) is 0 Å². The maximum atomic E-state index is 11.2. The van der Waals surface area contributed by atoms with E-state index in [1.807, 2.05) is 6.92 Å². The molecule has 1 aliphatic rings. The molecule has 0 heterocycles. The summed E-state index contributed by atoms with van der Waals surface area (Å²) in [6, 6.07) is -0.354. The number of nitrogens with two attached hydrogens (primary N) is 1. The van der Waals surface area contributed by atoms with Gasteiger partial charge in [-0.05, 0) is 37.6 Å². The summed E-state index contributed by atoms with van der Waals surface area (Å²) in [7, 11) is 0. The minimum atomic E-state index is -0.354. The van der Waals surface area contributed by atoms with Gasteiger partial charge in [0.2, 0.25) is 5.91 Å². The molecule has 4 heteroatoms. The standard InChI is InChI=1S/C13H26N2O2/c1-4-15-12(13(14)16)8-17-11-6-9(2)5-10(3)7-11/h9-12,15H,4-8H2,1-3H3,(H2,14,16). The van der Waals surface area contributed by atoms with Crippen LogP contribution < -0.4 is 11.1 Å². The average Bonchev–Trinajstić information content (AvgIpc) is 2.22. The van der Waals surface area contributed by atoms with E-state index >= 15 is 0 Å². The molecule has 0 saturated heterocycles. The summed E-state index contributed by atoms with van der Waals surface area (Å²) in [5.41, 5.74) is 5.31. The third kappa shape index (κ3) is 5.04. The number of primary amides is 1. The first-order chi connectivity index (χ1) is 8.02. The molecule has 0 aromatic carbocycles. The smallest absolute Gasteiger partial charge is 0.236 e. The first-order valence-corrected chi connectivity index (χ1v) is 6.67. The van der Waals surface area contributed by atoms with Gasteiger partial charge < -0.3 is 15.8 Å². The highest BCUT2D eigenvalue weighted by Crippen LogP contribution is 2.30. The van der Waals surface area contributed by atoms with Crippen molar-refractivity contribution in [2.24, 2.45) is 17.6 Å². The van der Waals surface area contributed by atoms with Crippen LogP contribution in [-0.4, -0.2) is 31.2 Å². The van der Waals surface area contributed by atoms with Gasteiger partial charge in [0.25, 0.3) is 0 Å². The number of hydrogen-bond donors (Lipinski definition) is 2. The summed E-state index contributed by atoms with van der Waals surface area (Å²) >= 11 is 0. The zero-order chi connectivity index (χ0) is 12.8. The first kappa shape index (κ1) is 14.5. The van der Waals surface area contributed by atoms with Gasteiger partial charge in [-0.25, -0.2) is 0 Å². The molecule has 1 fully saturated rings. The molecule has 100 valence electrons. The van der Waals surface area contributed by atoms with E-state index in [-0.39, 0.29) is 18.1 Å². The van der Waals surface area contributed by atoms with Crippen LogP contribution in [0.1, 0.15) is 40.0 Å². The number of rotatable bonds is 6. The Morgan fingerprint density at radius 1 is 1.35 bits per heavy atom. The highest BCUT2D eigenvalue weighted by Gasteiger charge is 2.25. The van der Waals surface area contributed by atoms with Crippen LogP contribution in [0.3, 0.4) is 0 Å². The fourth-order valence-electron chi connectivity index (χ4n) is 2.73. The van der Waals surface area contributed by atoms with E-state index in [1.54, 1.807) is 0 Å². The van der Waals surface area contributed by atoms with E-state index < -0.39 is 0 Å².